The molecule has 16 heavy (non-hydrogen) atoms. The molecule has 0 radical (unpaired) electrons. The largest absolute Gasteiger partial charge is 0.341 e. The summed E-state index contributed by atoms with van der Waals surface area (Å²) >= 11 is 1.67. The van der Waals surface area contributed by atoms with Gasteiger partial charge in [-0.1, -0.05) is 0 Å². The molecule has 1 amide bonds. The smallest absolute Gasteiger partial charge is 0.229 e. The molecule has 2 heterocycles. The number of nitrogens with zero attached hydrogens (tertiary/aromatic N) is 1. The summed E-state index contributed by atoms with van der Waals surface area (Å²) in [4.78, 5) is 14.1. The van der Waals surface area contributed by atoms with Crippen molar-refractivity contribution < 1.29 is 4.79 Å². The molecule has 1 atom stereocenters. The number of thiophene rings is 1. The van der Waals surface area contributed by atoms with Gasteiger partial charge in [-0.25, -0.2) is 0 Å². The lowest BCUT2D eigenvalue weighted by Crippen LogP contribution is -2.41. The minimum Gasteiger partial charge on any atom is -0.341 e. The molecule has 1 saturated heterocycles. The zero-order valence-electron chi connectivity index (χ0n) is 9.82. The van der Waals surface area contributed by atoms with E-state index in [1.807, 2.05) is 17.3 Å². The van der Waals surface area contributed by atoms with Crippen molar-refractivity contribution in [3.63, 3.8) is 0 Å². The molecule has 1 aromatic rings. The van der Waals surface area contributed by atoms with Gasteiger partial charge >= 0.3 is 0 Å². The first-order chi connectivity index (χ1) is 7.62. The first-order valence-corrected chi connectivity index (χ1v) is 6.53. The molecule has 0 aromatic carbocycles. The zero-order chi connectivity index (χ0) is 11.6. The summed E-state index contributed by atoms with van der Waals surface area (Å²) in [5.74, 6) is 0.253. The van der Waals surface area contributed by atoms with Crippen molar-refractivity contribution in [2.45, 2.75) is 19.9 Å². The molecule has 2 rings (SSSR count). The van der Waals surface area contributed by atoms with E-state index in [-0.39, 0.29) is 11.3 Å². The van der Waals surface area contributed by atoms with Crippen LogP contribution in [0.1, 0.15) is 18.9 Å². The molecule has 1 aliphatic rings. The Morgan fingerprint density at radius 1 is 1.69 bits per heavy atom. The fourth-order valence-electron chi connectivity index (χ4n) is 2.19. The van der Waals surface area contributed by atoms with Crippen LogP contribution in [0.5, 0.6) is 0 Å². The van der Waals surface area contributed by atoms with E-state index in [1.165, 1.54) is 5.56 Å². The Labute approximate surface area is 100 Å². The molecule has 1 fully saturated rings. The normalized spacial score (nSPS) is 24.6. The number of rotatable bonds is 3. The monoisotopic (exact) mass is 238 g/mol. The third-order valence-electron chi connectivity index (χ3n) is 3.23. The predicted octanol–water partition coefficient (Wildman–Crippen LogP) is 1.71. The zero-order valence-corrected chi connectivity index (χ0v) is 10.6. The van der Waals surface area contributed by atoms with Crippen LogP contribution in [0.4, 0.5) is 0 Å². The standard InChI is InChI=1S/C12H18N2OS/c1-12(4-5-13-9-12)11(15)14(2)7-10-3-6-16-8-10/h3,6,8,13H,4-5,7,9H2,1-2H3. The van der Waals surface area contributed by atoms with E-state index in [4.69, 9.17) is 0 Å². The van der Waals surface area contributed by atoms with Crippen molar-refractivity contribution in [3.8, 4) is 0 Å². The highest BCUT2D eigenvalue weighted by Gasteiger charge is 2.38. The number of carbonyl (C=O) groups excluding carboxylic acids is 1. The molecule has 3 nitrogen and oxygen atoms in total. The summed E-state index contributed by atoms with van der Waals surface area (Å²) in [6.45, 7) is 4.53. The predicted molar refractivity (Wildman–Crippen MR) is 66.4 cm³/mol. The third kappa shape index (κ3) is 2.28. The lowest BCUT2D eigenvalue weighted by molar-refractivity contribution is -0.139. The van der Waals surface area contributed by atoms with E-state index in [0.29, 0.717) is 0 Å². The molecule has 1 unspecified atom stereocenters. The molecule has 0 bridgehead atoms. The fourth-order valence-corrected chi connectivity index (χ4v) is 2.85. The molecule has 88 valence electrons. The van der Waals surface area contributed by atoms with Crippen LogP contribution in [0.3, 0.4) is 0 Å². The molecule has 1 N–H and O–H groups in total. The van der Waals surface area contributed by atoms with Gasteiger partial charge in [0.25, 0.3) is 0 Å². The van der Waals surface area contributed by atoms with Gasteiger partial charge in [-0.05, 0) is 42.3 Å². The fraction of sp³-hybridized carbons (Fsp3) is 0.583. The van der Waals surface area contributed by atoms with Crippen LogP contribution in [-0.2, 0) is 11.3 Å². The van der Waals surface area contributed by atoms with Crippen molar-refractivity contribution in [3.05, 3.63) is 22.4 Å². The third-order valence-corrected chi connectivity index (χ3v) is 3.96. The highest BCUT2D eigenvalue weighted by atomic mass is 32.1. The molecule has 0 spiro atoms. The second-order valence-electron chi connectivity index (χ2n) is 4.78. The number of amides is 1. The lowest BCUT2D eigenvalue weighted by atomic mass is 9.88. The summed E-state index contributed by atoms with van der Waals surface area (Å²) < 4.78 is 0. The van der Waals surface area contributed by atoms with Crippen molar-refractivity contribution in [2.24, 2.45) is 5.41 Å². The molecule has 4 heteroatoms. The van der Waals surface area contributed by atoms with Crippen LogP contribution < -0.4 is 5.32 Å². The Morgan fingerprint density at radius 2 is 2.50 bits per heavy atom. The van der Waals surface area contributed by atoms with Gasteiger partial charge in [-0.2, -0.15) is 11.3 Å². The number of hydrogen-bond acceptors (Lipinski definition) is 3. The molecule has 1 aliphatic heterocycles. The summed E-state index contributed by atoms with van der Waals surface area (Å²) in [6.07, 6.45) is 0.944. The van der Waals surface area contributed by atoms with Crippen LogP contribution >= 0.6 is 11.3 Å². The second-order valence-corrected chi connectivity index (χ2v) is 5.56. The summed E-state index contributed by atoms with van der Waals surface area (Å²) in [5.41, 5.74) is 1.01. The second kappa shape index (κ2) is 4.55. The Bertz CT molecular complexity index is 355. The van der Waals surface area contributed by atoms with E-state index >= 15 is 0 Å². The van der Waals surface area contributed by atoms with Gasteiger partial charge in [-0.15, -0.1) is 0 Å². The number of hydrogen-bond donors (Lipinski definition) is 1. The van der Waals surface area contributed by atoms with Crippen LogP contribution in [0.15, 0.2) is 16.8 Å². The van der Waals surface area contributed by atoms with Crippen molar-refractivity contribution in [2.75, 3.05) is 20.1 Å². The maximum atomic E-state index is 12.3. The van der Waals surface area contributed by atoms with Crippen molar-refractivity contribution >= 4 is 17.2 Å². The maximum absolute atomic E-state index is 12.3. The molecular formula is C12H18N2OS. The Morgan fingerprint density at radius 3 is 3.06 bits per heavy atom. The SMILES string of the molecule is CN(Cc1ccsc1)C(=O)C1(C)CCNC1. The maximum Gasteiger partial charge on any atom is 0.229 e. The minimum absolute atomic E-state index is 0.204. The summed E-state index contributed by atoms with van der Waals surface area (Å²) in [6, 6.07) is 2.07. The van der Waals surface area contributed by atoms with Gasteiger partial charge in [-0.3, -0.25) is 4.79 Å². The van der Waals surface area contributed by atoms with Crippen molar-refractivity contribution in [1.29, 1.82) is 0 Å². The van der Waals surface area contributed by atoms with Gasteiger partial charge in [0.2, 0.25) is 5.91 Å². The molecule has 0 aliphatic carbocycles. The molecular weight excluding hydrogens is 220 g/mol. The number of nitrogens with one attached hydrogen (secondary N) is 1. The Hall–Kier alpha value is -0.870. The van der Waals surface area contributed by atoms with E-state index in [9.17, 15) is 4.79 Å². The van der Waals surface area contributed by atoms with E-state index in [0.717, 1.165) is 26.1 Å². The van der Waals surface area contributed by atoms with Gasteiger partial charge in [0, 0.05) is 20.1 Å². The highest BCUT2D eigenvalue weighted by Crippen LogP contribution is 2.27. The topological polar surface area (TPSA) is 32.3 Å². The average Bonchev–Trinajstić information content (AvgIpc) is 2.89. The van der Waals surface area contributed by atoms with Crippen LogP contribution in [0.2, 0.25) is 0 Å². The van der Waals surface area contributed by atoms with Gasteiger partial charge in [0.15, 0.2) is 0 Å². The van der Waals surface area contributed by atoms with E-state index < -0.39 is 0 Å². The van der Waals surface area contributed by atoms with Crippen LogP contribution in [0.25, 0.3) is 0 Å². The summed E-state index contributed by atoms with van der Waals surface area (Å²) in [5, 5.41) is 7.41. The molecule has 0 saturated carbocycles. The van der Waals surface area contributed by atoms with Gasteiger partial charge in [0.05, 0.1) is 5.41 Å². The van der Waals surface area contributed by atoms with Gasteiger partial charge < -0.3 is 10.2 Å². The lowest BCUT2D eigenvalue weighted by Gasteiger charge is -2.28. The van der Waals surface area contributed by atoms with Gasteiger partial charge in [0.1, 0.15) is 0 Å². The van der Waals surface area contributed by atoms with E-state index in [1.54, 1.807) is 11.3 Å². The number of carbonyl (C=O) groups is 1. The average molecular weight is 238 g/mol. The Balaban J connectivity index is 1.99. The molecule has 1 aromatic heterocycles. The van der Waals surface area contributed by atoms with E-state index in [2.05, 4.69) is 23.7 Å². The quantitative estimate of drug-likeness (QED) is 0.869. The van der Waals surface area contributed by atoms with Crippen LogP contribution in [-0.4, -0.2) is 30.9 Å². The minimum atomic E-state index is -0.204. The highest BCUT2D eigenvalue weighted by molar-refractivity contribution is 7.07. The first kappa shape index (κ1) is 11.6. The van der Waals surface area contributed by atoms with Crippen LogP contribution in [0, 0.1) is 5.41 Å². The van der Waals surface area contributed by atoms with Crippen molar-refractivity contribution in [1.82, 2.24) is 10.2 Å². The first-order valence-electron chi connectivity index (χ1n) is 5.59. The Kier molecular flexibility index (Phi) is 3.30. The summed E-state index contributed by atoms with van der Waals surface area (Å²) in [7, 11) is 1.89.